The average Bonchev–Trinajstić information content (AvgIpc) is 1.97. The van der Waals surface area contributed by atoms with Crippen molar-refractivity contribution in [2.24, 2.45) is 5.92 Å². The van der Waals surface area contributed by atoms with E-state index in [1.807, 2.05) is 25.2 Å². The van der Waals surface area contributed by atoms with Gasteiger partial charge in [0.1, 0.15) is 0 Å². The average molecular weight is 183 g/mol. The largest absolute Gasteiger partial charge is 0.548 e. The van der Waals surface area contributed by atoms with Crippen LogP contribution in [0, 0.1) is 5.92 Å². The summed E-state index contributed by atoms with van der Waals surface area (Å²) in [5, 5.41) is 0. The van der Waals surface area contributed by atoms with Gasteiger partial charge >= 0.3 is 0 Å². The molecule has 0 N–H and O–H groups in total. The van der Waals surface area contributed by atoms with Crippen LogP contribution in [-0.2, 0) is 4.43 Å². The highest BCUT2D eigenvalue weighted by molar-refractivity contribution is 6.50. The number of allylic oxidation sites excluding steroid dienone is 3. The summed E-state index contributed by atoms with van der Waals surface area (Å²) < 4.78 is 5.52. The molecule has 0 bridgehead atoms. The van der Waals surface area contributed by atoms with Crippen LogP contribution >= 0.6 is 0 Å². The van der Waals surface area contributed by atoms with E-state index < -0.39 is 9.04 Å². The Morgan fingerprint density at radius 2 is 2.00 bits per heavy atom. The third-order valence-corrected chi connectivity index (χ3v) is 3.28. The van der Waals surface area contributed by atoms with Crippen molar-refractivity contribution in [3.8, 4) is 0 Å². The number of hydrogen-bond donors (Lipinski definition) is 0. The summed E-state index contributed by atoms with van der Waals surface area (Å²) in [5.41, 5.74) is 0. The lowest BCUT2D eigenvalue weighted by atomic mass is 10.3. The second-order valence-corrected chi connectivity index (χ2v) is 5.32. The van der Waals surface area contributed by atoms with E-state index in [2.05, 4.69) is 20.4 Å². The van der Waals surface area contributed by atoms with Crippen molar-refractivity contribution >= 4 is 9.04 Å². The molecule has 0 spiro atoms. The van der Waals surface area contributed by atoms with Crippen molar-refractivity contribution in [3.05, 3.63) is 24.5 Å². The topological polar surface area (TPSA) is 9.23 Å². The minimum Gasteiger partial charge on any atom is -0.548 e. The van der Waals surface area contributed by atoms with Crippen LogP contribution in [0.2, 0.25) is 12.6 Å². The maximum atomic E-state index is 5.52. The molecule has 0 aliphatic carbocycles. The zero-order valence-electron chi connectivity index (χ0n) is 8.50. The van der Waals surface area contributed by atoms with Crippen LogP contribution in [0.1, 0.15) is 20.8 Å². The van der Waals surface area contributed by atoms with Gasteiger partial charge in [0.05, 0.1) is 6.26 Å². The van der Waals surface area contributed by atoms with Crippen molar-refractivity contribution in [2.45, 2.75) is 33.4 Å². The van der Waals surface area contributed by atoms with Crippen LogP contribution in [0.25, 0.3) is 0 Å². The normalized spacial score (nSPS) is 12.5. The summed E-state index contributed by atoms with van der Waals surface area (Å²) in [6.45, 7) is 8.65. The molecule has 0 atom stereocenters. The van der Waals surface area contributed by atoms with Gasteiger partial charge in [0.15, 0.2) is 0 Å². The molecule has 0 saturated heterocycles. The molecule has 0 aliphatic rings. The van der Waals surface area contributed by atoms with E-state index in [4.69, 9.17) is 4.43 Å². The molecule has 0 aromatic carbocycles. The van der Waals surface area contributed by atoms with Gasteiger partial charge in [-0.3, -0.25) is 0 Å². The Labute approximate surface area is 77.9 Å². The quantitative estimate of drug-likeness (QED) is 0.361. The van der Waals surface area contributed by atoms with Crippen molar-refractivity contribution < 1.29 is 4.43 Å². The molecule has 12 heavy (non-hydrogen) atoms. The summed E-state index contributed by atoms with van der Waals surface area (Å²) >= 11 is 0. The molecule has 0 saturated carbocycles. The first-order valence-corrected chi connectivity index (χ1v) is 6.55. The van der Waals surface area contributed by atoms with E-state index in [0.29, 0.717) is 0 Å². The summed E-state index contributed by atoms with van der Waals surface area (Å²) in [5.74, 6) is 0.749. The fraction of sp³-hybridized carbons (Fsp3) is 0.600. The first kappa shape index (κ1) is 11.5. The molecule has 0 amide bonds. The van der Waals surface area contributed by atoms with E-state index in [9.17, 15) is 0 Å². The summed E-state index contributed by atoms with van der Waals surface area (Å²) in [6.07, 6.45) is 7.71. The minimum atomic E-state index is -0.590. The van der Waals surface area contributed by atoms with E-state index in [1.165, 1.54) is 6.04 Å². The van der Waals surface area contributed by atoms with Crippen molar-refractivity contribution in [1.82, 2.24) is 0 Å². The Morgan fingerprint density at radius 1 is 1.33 bits per heavy atom. The Kier molecular flexibility index (Phi) is 6.86. The predicted molar refractivity (Wildman–Crippen MR) is 56.3 cm³/mol. The Morgan fingerprint density at radius 3 is 2.50 bits per heavy atom. The lowest BCUT2D eigenvalue weighted by Gasteiger charge is -2.09. The Hall–Kier alpha value is -0.503. The SMILES string of the molecule is C/C=C/C=C/O[Si](C)CC(C)C. The summed E-state index contributed by atoms with van der Waals surface area (Å²) in [7, 11) is -0.590. The monoisotopic (exact) mass is 183 g/mol. The Balaban J connectivity index is 3.49. The van der Waals surface area contributed by atoms with E-state index in [-0.39, 0.29) is 0 Å². The van der Waals surface area contributed by atoms with E-state index in [1.54, 1.807) is 6.26 Å². The molecule has 69 valence electrons. The highest BCUT2D eigenvalue weighted by Gasteiger charge is 2.07. The fourth-order valence-electron chi connectivity index (χ4n) is 0.935. The van der Waals surface area contributed by atoms with Crippen LogP contribution in [0.3, 0.4) is 0 Å². The number of rotatable bonds is 5. The minimum absolute atomic E-state index is 0.590. The van der Waals surface area contributed by atoms with Crippen molar-refractivity contribution in [2.75, 3.05) is 0 Å². The second kappa shape index (κ2) is 7.16. The maximum Gasteiger partial charge on any atom is 0.276 e. The van der Waals surface area contributed by atoms with Crippen LogP contribution in [0.5, 0.6) is 0 Å². The first-order chi connectivity index (χ1) is 5.66. The lowest BCUT2D eigenvalue weighted by Crippen LogP contribution is -2.11. The molecular weight excluding hydrogens is 164 g/mol. The molecule has 1 nitrogen and oxygen atoms in total. The van der Waals surface area contributed by atoms with E-state index in [0.717, 1.165) is 5.92 Å². The molecular formula is C10H19OSi. The number of hydrogen-bond acceptors (Lipinski definition) is 1. The predicted octanol–water partition coefficient (Wildman–Crippen LogP) is 3.37. The zero-order valence-corrected chi connectivity index (χ0v) is 9.50. The lowest BCUT2D eigenvalue weighted by molar-refractivity contribution is 0.482. The molecule has 0 aromatic heterocycles. The van der Waals surface area contributed by atoms with Gasteiger partial charge in [-0.25, -0.2) is 0 Å². The van der Waals surface area contributed by atoms with Crippen LogP contribution in [0.4, 0.5) is 0 Å². The van der Waals surface area contributed by atoms with Gasteiger partial charge in [-0.15, -0.1) is 0 Å². The third-order valence-electron chi connectivity index (χ3n) is 1.35. The van der Waals surface area contributed by atoms with Gasteiger partial charge in [0.25, 0.3) is 9.04 Å². The molecule has 0 unspecified atom stereocenters. The van der Waals surface area contributed by atoms with Crippen LogP contribution in [-0.4, -0.2) is 9.04 Å². The molecule has 0 fully saturated rings. The van der Waals surface area contributed by atoms with Crippen molar-refractivity contribution in [3.63, 3.8) is 0 Å². The smallest absolute Gasteiger partial charge is 0.276 e. The summed E-state index contributed by atoms with van der Waals surface area (Å²) in [4.78, 5) is 0. The second-order valence-electron chi connectivity index (χ2n) is 3.27. The van der Waals surface area contributed by atoms with Crippen LogP contribution < -0.4 is 0 Å². The van der Waals surface area contributed by atoms with Gasteiger partial charge in [-0.05, 0) is 31.5 Å². The maximum absolute atomic E-state index is 5.52. The first-order valence-electron chi connectivity index (χ1n) is 4.43. The Bertz CT molecular complexity index is 150. The molecule has 0 aromatic rings. The molecule has 1 radical (unpaired) electrons. The fourth-order valence-corrected chi connectivity index (χ4v) is 2.49. The third kappa shape index (κ3) is 7.60. The van der Waals surface area contributed by atoms with Crippen LogP contribution in [0.15, 0.2) is 24.5 Å². The van der Waals surface area contributed by atoms with Gasteiger partial charge in [0.2, 0.25) is 0 Å². The molecule has 0 aliphatic heterocycles. The standard InChI is InChI=1S/C10H19OSi/c1-5-6-7-8-11-12(4)9-10(2)3/h5-8,10H,9H2,1-4H3/b6-5+,8-7+. The van der Waals surface area contributed by atoms with Gasteiger partial charge in [-0.2, -0.15) is 0 Å². The van der Waals surface area contributed by atoms with Crippen molar-refractivity contribution in [1.29, 1.82) is 0 Å². The molecule has 0 rings (SSSR count). The van der Waals surface area contributed by atoms with Gasteiger partial charge < -0.3 is 4.43 Å². The zero-order chi connectivity index (χ0) is 9.40. The van der Waals surface area contributed by atoms with E-state index >= 15 is 0 Å². The molecule has 2 heteroatoms. The highest BCUT2D eigenvalue weighted by atomic mass is 28.3. The van der Waals surface area contributed by atoms with Gasteiger partial charge in [-0.1, -0.05) is 26.0 Å². The van der Waals surface area contributed by atoms with Gasteiger partial charge in [0, 0.05) is 0 Å². The molecule has 0 heterocycles. The summed E-state index contributed by atoms with van der Waals surface area (Å²) in [6, 6.07) is 1.21. The highest BCUT2D eigenvalue weighted by Crippen LogP contribution is 2.06.